The highest BCUT2D eigenvalue weighted by atomic mass is 16.6. The molecule has 1 aromatic heterocycles. The van der Waals surface area contributed by atoms with E-state index in [2.05, 4.69) is 14.9 Å². The summed E-state index contributed by atoms with van der Waals surface area (Å²) < 4.78 is 4.57. The molecule has 100 valence electrons. The van der Waals surface area contributed by atoms with E-state index in [1.165, 1.54) is 0 Å². The van der Waals surface area contributed by atoms with Crippen LogP contribution in [0, 0.1) is 10.1 Å². The fourth-order valence-corrected chi connectivity index (χ4v) is 2.21. The van der Waals surface area contributed by atoms with Crippen LogP contribution >= 0.6 is 0 Å². The lowest BCUT2D eigenvalue weighted by atomic mass is 10.0. The largest absolute Gasteiger partial charge is 0.303 e. The molecule has 3 rings (SSSR count). The standard InChI is InChI=1S/C14H11N3O3/c18-17(19)14-11(7-6-10-4-2-1-3-5-10)8-9-12-13(14)16-20-15-12/h1-5,8-9H,6-7H2. The van der Waals surface area contributed by atoms with Crippen molar-refractivity contribution >= 4 is 16.7 Å². The Balaban J connectivity index is 1.94. The highest BCUT2D eigenvalue weighted by molar-refractivity contribution is 5.84. The first kappa shape index (κ1) is 12.3. The molecule has 3 aromatic rings. The molecule has 0 aliphatic rings. The maximum Gasteiger partial charge on any atom is 0.303 e. The minimum Gasteiger partial charge on any atom is -0.258 e. The number of benzene rings is 2. The lowest BCUT2D eigenvalue weighted by Crippen LogP contribution is -1.99. The van der Waals surface area contributed by atoms with Gasteiger partial charge in [-0.05, 0) is 40.9 Å². The van der Waals surface area contributed by atoms with Crippen molar-refractivity contribution in [3.05, 3.63) is 63.7 Å². The average molecular weight is 269 g/mol. The Hall–Kier alpha value is -2.76. The molecule has 0 amide bonds. The lowest BCUT2D eigenvalue weighted by Gasteiger charge is -2.03. The molecule has 0 unspecified atom stereocenters. The topological polar surface area (TPSA) is 82.1 Å². The number of fused-ring (bicyclic) bond motifs is 1. The number of aromatic nitrogens is 2. The maximum absolute atomic E-state index is 11.2. The van der Waals surface area contributed by atoms with Crippen LogP contribution in [0.15, 0.2) is 47.1 Å². The van der Waals surface area contributed by atoms with Gasteiger partial charge in [0.2, 0.25) is 5.52 Å². The van der Waals surface area contributed by atoms with Crippen LogP contribution in [-0.4, -0.2) is 15.2 Å². The van der Waals surface area contributed by atoms with Crippen LogP contribution in [0.2, 0.25) is 0 Å². The number of nitro groups is 1. The Bertz CT molecular complexity index is 753. The quantitative estimate of drug-likeness (QED) is 0.537. The Kier molecular flexibility index (Phi) is 3.12. The molecular weight excluding hydrogens is 258 g/mol. The summed E-state index contributed by atoms with van der Waals surface area (Å²) in [4.78, 5) is 10.8. The van der Waals surface area contributed by atoms with Gasteiger partial charge in [-0.15, -0.1) is 0 Å². The first-order valence-corrected chi connectivity index (χ1v) is 6.18. The normalized spacial score (nSPS) is 10.8. The minimum absolute atomic E-state index is 0.0142. The van der Waals surface area contributed by atoms with E-state index in [1.54, 1.807) is 12.1 Å². The van der Waals surface area contributed by atoms with Gasteiger partial charge in [-0.1, -0.05) is 30.3 Å². The van der Waals surface area contributed by atoms with E-state index in [0.717, 1.165) is 12.0 Å². The number of nitro benzene ring substituents is 1. The minimum atomic E-state index is -0.424. The third kappa shape index (κ3) is 2.23. The van der Waals surface area contributed by atoms with Crippen LogP contribution < -0.4 is 0 Å². The van der Waals surface area contributed by atoms with E-state index < -0.39 is 4.92 Å². The molecule has 0 N–H and O–H groups in total. The van der Waals surface area contributed by atoms with Crippen LogP contribution in [0.5, 0.6) is 0 Å². The van der Waals surface area contributed by atoms with Gasteiger partial charge in [0, 0.05) is 5.56 Å². The first-order valence-electron chi connectivity index (χ1n) is 6.18. The Morgan fingerprint density at radius 3 is 2.60 bits per heavy atom. The van der Waals surface area contributed by atoms with Crippen LogP contribution in [0.3, 0.4) is 0 Å². The van der Waals surface area contributed by atoms with Gasteiger partial charge in [-0.25, -0.2) is 4.63 Å². The van der Waals surface area contributed by atoms with Crippen molar-refractivity contribution < 1.29 is 9.55 Å². The van der Waals surface area contributed by atoms with Gasteiger partial charge in [0.1, 0.15) is 5.52 Å². The summed E-state index contributed by atoms with van der Waals surface area (Å²) in [5.41, 5.74) is 2.38. The SMILES string of the molecule is O=[N+]([O-])c1c(CCc2ccccc2)ccc2nonc12. The van der Waals surface area contributed by atoms with Gasteiger partial charge in [0.15, 0.2) is 0 Å². The molecule has 6 nitrogen and oxygen atoms in total. The van der Waals surface area contributed by atoms with Gasteiger partial charge in [0.25, 0.3) is 0 Å². The van der Waals surface area contributed by atoms with E-state index in [9.17, 15) is 10.1 Å². The third-order valence-electron chi connectivity index (χ3n) is 3.19. The van der Waals surface area contributed by atoms with Crippen molar-refractivity contribution in [2.75, 3.05) is 0 Å². The zero-order valence-electron chi connectivity index (χ0n) is 10.5. The van der Waals surface area contributed by atoms with Gasteiger partial charge in [-0.3, -0.25) is 10.1 Å². The van der Waals surface area contributed by atoms with Crippen LogP contribution in [-0.2, 0) is 12.8 Å². The molecule has 0 fully saturated rings. The highest BCUT2D eigenvalue weighted by Crippen LogP contribution is 2.28. The summed E-state index contributed by atoms with van der Waals surface area (Å²) in [7, 11) is 0. The Morgan fingerprint density at radius 2 is 1.85 bits per heavy atom. The van der Waals surface area contributed by atoms with Crippen LogP contribution in [0.25, 0.3) is 11.0 Å². The molecule has 2 aromatic carbocycles. The molecular formula is C14H11N3O3. The molecule has 0 spiro atoms. The summed E-state index contributed by atoms with van der Waals surface area (Å²) >= 11 is 0. The average Bonchev–Trinajstić information content (AvgIpc) is 2.93. The molecule has 0 saturated carbocycles. The maximum atomic E-state index is 11.2. The van der Waals surface area contributed by atoms with E-state index in [-0.39, 0.29) is 11.2 Å². The fraction of sp³-hybridized carbons (Fsp3) is 0.143. The predicted molar refractivity (Wildman–Crippen MR) is 72.3 cm³/mol. The van der Waals surface area contributed by atoms with E-state index in [1.807, 2.05) is 30.3 Å². The van der Waals surface area contributed by atoms with E-state index in [0.29, 0.717) is 17.5 Å². The zero-order chi connectivity index (χ0) is 13.9. The third-order valence-corrected chi connectivity index (χ3v) is 3.19. The van der Waals surface area contributed by atoms with Crippen molar-refractivity contribution in [1.82, 2.24) is 10.3 Å². The Morgan fingerprint density at radius 1 is 1.05 bits per heavy atom. The van der Waals surface area contributed by atoms with Crippen molar-refractivity contribution in [2.45, 2.75) is 12.8 Å². The predicted octanol–water partition coefficient (Wildman–Crippen LogP) is 2.92. The summed E-state index contributed by atoms with van der Waals surface area (Å²) in [5, 5.41) is 18.5. The molecule has 0 bridgehead atoms. The van der Waals surface area contributed by atoms with Crippen molar-refractivity contribution in [3.63, 3.8) is 0 Å². The monoisotopic (exact) mass is 269 g/mol. The number of aryl methyl sites for hydroxylation is 2. The number of rotatable bonds is 4. The molecule has 0 aliphatic heterocycles. The molecule has 1 heterocycles. The van der Waals surface area contributed by atoms with Crippen molar-refractivity contribution in [3.8, 4) is 0 Å². The van der Waals surface area contributed by atoms with E-state index >= 15 is 0 Å². The van der Waals surface area contributed by atoms with E-state index in [4.69, 9.17) is 0 Å². The summed E-state index contributed by atoms with van der Waals surface area (Å²) in [5.74, 6) is 0. The number of hydrogen-bond acceptors (Lipinski definition) is 5. The smallest absolute Gasteiger partial charge is 0.258 e. The van der Waals surface area contributed by atoms with Crippen molar-refractivity contribution in [2.24, 2.45) is 0 Å². The second-order valence-electron chi connectivity index (χ2n) is 4.45. The van der Waals surface area contributed by atoms with Crippen LogP contribution in [0.1, 0.15) is 11.1 Å². The van der Waals surface area contributed by atoms with Gasteiger partial charge >= 0.3 is 5.69 Å². The molecule has 0 saturated heterocycles. The first-order chi connectivity index (χ1) is 9.75. The molecule has 20 heavy (non-hydrogen) atoms. The Labute approximate surface area is 114 Å². The van der Waals surface area contributed by atoms with Gasteiger partial charge in [-0.2, -0.15) is 0 Å². The molecule has 0 aliphatic carbocycles. The second-order valence-corrected chi connectivity index (χ2v) is 4.45. The second kappa shape index (κ2) is 5.08. The summed E-state index contributed by atoms with van der Waals surface area (Å²) in [6.07, 6.45) is 1.31. The summed E-state index contributed by atoms with van der Waals surface area (Å²) in [6, 6.07) is 13.3. The van der Waals surface area contributed by atoms with Gasteiger partial charge < -0.3 is 0 Å². The lowest BCUT2D eigenvalue weighted by molar-refractivity contribution is -0.384. The molecule has 6 heteroatoms. The number of hydrogen-bond donors (Lipinski definition) is 0. The van der Waals surface area contributed by atoms with Crippen molar-refractivity contribution in [1.29, 1.82) is 0 Å². The number of nitrogens with zero attached hydrogens (tertiary/aromatic N) is 3. The van der Waals surface area contributed by atoms with Gasteiger partial charge in [0.05, 0.1) is 4.92 Å². The van der Waals surface area contributed by atoms with Crippen LogP contribution in [0.4, 0.5) is 5.69 Å². The highest BCUT2D eigenvalue weighted by Gasteiger charge is 2.21. The summed E-state index contributed by atoms with van der Waals surface area (Å²) in [6.45, 7) is 0. The molecule has 0 atom stereocenters. The fourth-order valence-electron chi connectivity index (χ4n) is 2.21. The zero-order valence-corrected chi connectivity index (χ0v) is 10.5. The molecule has 0 radical (unpaired) electrons.